The van der Waals surface area contributed by atoms with Crippen molar-refractivity contribution in [1.82, 2.24) is 5.32 Å². The Hall–Kier alpha value is -0.120. The van der Waals surface area contributed by atoms with Crippen LogP contribution in [0.1, 0.15) is 51.4 Å². The van der Waals surface area contributed by atoms with Crippen LogP contribution in [0.15, 0.2) is 0 Å². The number of hydrogen-bond acceptors (Lipinski definition) is 3. The fourth-order valence-electron chi connectivity index (χ4n) is 3.19. The lowest BCUT2D eigenvalue weighted by Gasteiger charge is -2.23. The van der Waals surface area contributed by atoms with Crippen LogP contribution in [0.2, 0.25) is 0 Å². The Morgan fingerprint density at radius 2 is 2.06 bits per heavy atom. The van der Waals surface area contributed by atoms with Crippen LogP contribution in [0.25, 0.3) is 0 Å². The fraction of sp³-hybridized carbons (Fsp3) is 1.00. The fourth-order valence-corrected chi connectivity index (χ4v) is 3.19. The van der Waals surface area contributed by atoms with Gasteiger partial charge in [-0.05, 0) is 45.1 Å². The Labute approximate surface area is 105 Å². The lowest BCUT2D eigenvalue weighted by molar-refractivity contribution is -0.0350. The normalized spacial score (nSPS) is 27.0. The zero-order chi connectivity index (χ0) is 12.0. The highest BCUT2D eigenvalue weighted by atomic mass is 16.5. The van der Waals surface area contributed by atoms with Gasteiger partial charge in [0.15, 0.2) is 0 Å². The minimum atomic E-state index is 0.294. The lowest BCUT2D eigenvalue weighted by atomic mass is 9.98. The van der Waals surface area contributed by atoms with Crippen LogP contribution in [0.3, 0.4) is 0 Å². The third kappa shape index (κ3) is 3.94. The maximum Gasteiger partial charge on any atom is 0.0708 e. The molecule has 0 bridgehead atoms. The van der Waals surface area contributed by atoms with Crippen molar-refractivity contribution in [2.75, 3.05) is 26.8 Å². The summed E-state index contributed by atoms with van der Waals surface area (Å²) in [6.45, 7) is 3.01. The van der Waals surface area contributed by atoms with Crippen LogP contribution in [-0.2, 0) is 9.47 Å². The summed E-state index contributed by atoms with van der Waals surface area (Å²) in [6, 6.07) is 0. The van der Waals surface area contributed by atoms with Crippen LogP contribution in [0.5, 0.6) is 0 Å². The summed E-state index contributed by atoms with van der Waals surface area (Å²) in [4.78, 5) is 0. The maximum atomic E-state index is 6.25. The molecule has 3 nitrogen and oxygen atoms in total. The van der Waals surface area contributed by atoms with Crippen molar-refractivity contribution >= 4 is 0 Å². The number of ether oxygens (including phenoxy) is 2. The number of unbranched alkanes of at least 4 members (excludes halogenated alkanes) is 1. The first-order valence-electron chi connectivity index (χ1n) is 7.22. The molecular weight excluding hydrogens is 214 g/mol. The van der Waals surface area contributed by atoms with Crippen molar-refractivity contribution in [1.29, 1.82) is 0 Å². The molecule has 1 atom stereocenters. The quantitative estimate of drug-likeness (QED) is 0.695. The SMILES string of the molecule is COCCCCNCC1CCC2(CCCC2)O1. The van der Waals surface area contributed by atoms with Gasteiger partial charge >= 0.3 is 0 Å². The highest BCUT2D eigenvalue weighted by molar-refractivity contribution is 4.93. The zero-order valence-corrected chi connectivity index (χ0v) is 11.2. The van der Waals surface area contributed by atoms with E-state index in [1.165, 1.54) is 44.9 Å². The van der Waals surface area contributed by atoms with Gasteiger partial charge in [-0.1, -0.05) is 12.8 Å². The molecule has 3 heteroatoms. The van der Waals surface area contributed by atoms with Gasteiger partial charge in [-0.15, -0.1) is 0 Å². The molecule has 0 amide bonds. The summed E-state index contributed by atoms with van der Waals surface area (Å²) < 4.78 is 11.3. The van der Waals surface area contributed by atoms with E-state index in [1.807, 2.05) is 0 Å². The topological polar surface area (TPSA) is 30.5 Å². The summed E-state index contributed by atoms with van der Waals surface area (Å²) in [6.07, 6.45) is 10.7. The van der Waals surface area contributed by atoms with Gasteiger partial charge in [0.2, 0.25) is 0 Å². The first-order valence-corrected chi connectivity index (χ1v) is 7.22. The largest absolute Gasteiger partial charge is 0.385 e. The molecule has 2 rings (SSSR count). The molecule has 1 spiro atoms. The van der Waals surface area contributed by atoms with Crippen LogP contribution >= 0.6 is 0 Å². The first-order chi connectivity index (χ1) is 8.35. The van der Waals surface area contributed by atoms with Crippen molar-refractivity contribution in [3.8, 4) is 0 Å². The predicted molar refractivity (Wildman–Crippen MR) is 69.3 cm³/mol. The molecule has 2 fully saturated rings. The van der Waals surface area contributed by atoms with Gasteiger partial charge < -0.3 is 14.8 Å². The Morgan fingerprint density at radius 3 is 2.82 bits per heavy atom. The van der Waals surface area contributed by atoms with E-state index < -0.39 is 0 Å². The average molecular weight is 241 g/mol. The lowest BCUT2D eigenvalue weighted by Crippen LogP contribution is -2.31. The van der Waals surface area contributed by atoms with Gasteiger partial charge in [0.25, 0.3) is 0 Å². The van der Waals surface area contributed by atoms with Crippen molar-refractivity contribution in [2.24, 2.45) is 0 Å². The van der Waals surface area contributed by atoms with E-state index in [2.05, 4.69) is 5.32 Å². The minimum absolute atomic E-state index is 0.294. The monoisotopic (exact) mass is 241 g/mol. The number of hydrogen-bond donors (Lipinski definition) is 1. The standard InChI is InChI=1S/C14H27NO2/c1-16-11-5-4-10-15-12-13-6-9-14(17-13)7-2-3-8-14/h13,15H,2-12H2,1H3. The minimum Gasteiger partial charge on any atom is -0.385 e. The third-order valence-electron chi connectivity index (χ3n) is 4.18. The molecule has 0 aromatic carbocycles. The molecule has 17 heavy (non-hydrogen) atoms. The second kappa shape index (κ2) is 6.72. The molecule has 1 unspecified atom stereocenters. The van der Waals surface area contributed by atoms with Crippen molar-refractivity contribution in [3.05, 3.63) is 0 Å². The van der Waals surface area contributed by atoms with Gasteiger partial charge in [-0.25, -0.2) is 0 Å². The second-order valence-electron chi connectivity index (χ2n) is 5.57. The van der Waals surface area contributed by atoms with E-state index in [0.717, 1.165) is 26.1 Å². The number of methoxy groups -OCH3 is 1. The Balaban J connectivity index is 1.52. The molecule has 1 saturated heterocycles. The van der Waals surface area contributed by atoms with Gasteiger partial charge in [0, 0.05) is 20.3 Å². The molecule has 1 aliphatic heterocycles. The summed E-state index contributed by atoms with van der Waals surface area (Å²) >= 11 is 0. The Kier molecular flexibility index (Phi) is 5.26. The number of rotatable bonds is 7. The van der Waals surface area contributed by atoms with Gasteiger partial charge in [-0.2, -0.15) is 0 Å². The highest BCUT2D eigenvalue weighted by Gasteiger charge is 2.41. The van der Waals surface area contributed by atoms with Gasteiger partial charge in [0.1, 0.15) is 0 Å². The molecule has 1 aliphatic carbocycles. The Morgan fingerprint density at radius 1 is 1.24 bits per heavy atom. The van der Waals surface area contributed by atoms with Crippen LogP contribution in [0, 0.1) is 0 Å². The number of nitrogens with one attached hydrogen (secondary N) is 1. The molecule has 0 aromatic heterocycles. The zero-order valence-electron chi connectivity index (χ0n) is 11.2. The predicted octanol–water partition coefficient (Wildman–Crippen LogP) is 2.49. The van der Waals surface area contributed by atoms with Crippen LogP contribution < -0.4 is 5.32 Å². The molecule has 0 radical (unpaired) electrons. The molecule has 0 aromatic rings. The van der Waals surface area contributed by atoms with Gasteiger partial charge in [0.05, 0.1) is 11.7 Å². The second-order valence-corrected chi connectivity index (χ2v) is 5.57. The third-order valence-corrected chi connectivity index (χ3v) is 4.18. The molecule has 100 valence electrons. The molecule has 2 aliphatic rings. The van der Waals surface area contributed by atoms with Crippen molar-refractivity contribution in [2.45, 2.75) is 63.1 Å². The molecular formula is C14H27NO2. The molecule has 1 heterocycles. The summed E-state index contributed by atoms with van der Waals surface area (Å²) in [7, 11) is 1.76. The van der Waals surface area contributed by atoms with Gasteiger partial charge in [-0.3, -0.25) is 0 Å². The van der Waals surface area contributed by atoms with E-state index >= 15 is 0 Å². The first kappa shape index (κ1) is 13.3. The van der Waals surface area contributed by atoms with Crippen molar-refractivity contribution in [3.63, 3.8) is 0 Å². The molecule has 1 N–H and O–H groups in total. The van der Waals surface area contributed by atoms with E-state index in [9.17, 15) is 0 Å². The van der Waals surface area contributed by atoms with E-state index in [0.29, 0.717) is 11.7 Å². The van der Waals surface area contributed by atoms with Crippen LogP contribution in [0.4, 0.5) is 0 Å². The summed E-state index contributed by atoms with van der Waals surface area (Å²) in [5.74, 6) is 0. The smallest absolute Gasteiger partial charge is 0.0708 e. The average Bonchev–Trinajstić information content (AvgIpc) is 2.95. The van der Waals surface area contributed by atoms with E-state index in [4.69, 9.17) is 9.47 Å². The highest BCUT2D eigenvalue weighted by Crippen LogP contribution is 2.43. The Bertz CT molecular complexity index is 214. The van der Waals surface area contributed by atoms with Crippen molar-refractivity contribution < 1.29 is 9.47 Å². The summed E-state index contributed by atoms with van der Waals surface area (Å²) in [5, 5.41) is 3.51. The van der Waals surface area contributed by atoms with E-state index in [-0.39, 0.29) is 0 Å². The van der Waals surface area contributed by atoms with Crippen LogP contribution in [-0.4, -0.2) is 38.5 Å². The van der Waals surface area contributed by atoms with E-state index in [1.54, 1.807) is 7.11 Å². The maximum absolute atomic E-state index is 6.25. The molecule has 1 saturated carbocycles. The summed E-state index contributed by atoms with van der Waals surface area (Å²) in [5.41, 5.74) is 0.294.